The molecule has 0 aromatic heterocycles. The number of rotatable bonds is 9. The van der Waals surface area contributed by atoms with E-state index in [1.54, 1.807) is 29.2 Å². The number of anilines is 1. The van der Waals surface area contributed by atoms with Crippen LogP contribution in [0, 0.1) is 5.92 Å². The molecular formula is C26H34N4O4. The number of carbonyl (C=O) groups excluding carboxylic acids is 3. The fourth-order valence-electron chi connectivity index (χ4n) is 3.81. The minimum Gasteiger partial charge on any atom is -0.494 e. The van der Waals surface area contributed by atoms with Crippen molar-refractivity contribution in [1.29, 1.82) is 0 Å². The Morgan fingerprint density at radius 2 is 1.74 bits per heavy atom. The second-order valence-electron chi connectivity index (χ2n) is 8.70. The van der Waals surface area contributed by atoms with Gasteiger partial charge in [-0.05, 0) is 67.6 Å². The lowest BCUT2D eigenvalue weighted by atomic mass is 10.0. The average Bonchev–Trinajstić information content (AvgIpc) is 3.37. The molecule has 0 spiro atoms. The number of urea groups is 1. The number of nitrogens with zero attached hydrogens (tertiary/aromatic N) is 1. The van der Waals surface area contributed by atoms with Crippen LogP contribution in [0.3, 0.4) is 0 Å². The smallest absolute Gasteiger partial charge is 0.321 e. The first-order chi connectivity index (χ1) is 16.4. The molecule has 182 valence electrons. The van der Waals surface area contributed by atoms with Gasteiger partial charge < -0.3 is 25.6 Å². The van der Waals surface area contributed by atoms with E-state index in [9.17, 15) is 14.4 Å². The molecule has 1 atom stereocenters. The molecule has 0 bridgehead atoms. The quantitative estimate of drug-likeness (QED) is 0.524. The van der Waals surface area contributed by atoms with Crippen LogP contribution in [0.5, 0.6) is 5.75 Å². The Morgan fingerprint density at radius 1 is 1.03 bits per heavy atom. The van der Waals surface area contributed by atoms with Gasteiger partial charge in [0.2, 0.25) is 5.91 Å². The van der Waals surface area contributed by atoms with Crippen LogP contribution in [0.25, 0.3) is 0 Å². The maximum Gasteiger partial charge on any atom is 0.321 e. The summed E-state index contributed by atoms with van der Waals surface area (Å²) in [6, 6.07) is 13.4. The normalized spacial score (nSPS) is 13.9. The molecule has 1 saturated heterocycles. The van der Waals surface area contributed by atoms with Gasteiger partial charge in [-0.25, -0.2) is 4.79 Å². The highest BCUT2D eigenvalue weighted by Gasteiger charge is 2.24. The Hall–Kier alpha value is -3.55. The zero-order chi connectivity index (χ0) is 24.5. The van der Waals surface area contributed by atoms with Crippen molar-refractivity contribution in [2.45, 2.75) is 46.2 Å². The molecule has 8 nitrogen and oxygen atoms in total. The second kappa shape index (κ2) is 12.1. The molecule has 1 unspecified atom stereocenters. The summed E-state index contributed by atoms with van der Waals surface area (Å²) >= 11 is 0. The average molecular weight is 467 g/mol. The highest BCUT2D eigenvalue weighted by Crippen LogP contribution is 2.15. The number of ether oxygens (including phenoxy) is 1. The third-order valence-corrected chi connectivity index (χ3v) is 5.70. The van der Waals surface area contributed by atoms with E-state index in [2.05, 4.69) is 16.0 Å². The van der Waals surface area contributed by atoms with Crippen LogP contribution in [0.15, 0.2) is 48.5 Å². The van der Waals surface area contributed by atoms with Crippen LogP contribution in [0.2, 0.25) is 0 Å². The van der Waals surface area contributed by atoms with Crippen LogP contribution < -0.4 is 20.7 Å². The molecule has 2 aromatic carbocycles. The summed E-state index contributed by atoms with van der Waals surface area (Å²) < 4.78 is 5.41. The van der Waals surface area contributed by atoms with E-state index in [0.717, 1.165) is 31.5 Å². The van der Waals surface area contributed by atoms with Crippen LogP contribution in [0.1, 0.15) is 49.5 Å². The Bertz CT molecular complexity index is 985. The van der Waals surface area contributed by atoms with E-state index in [1.165, 1.54) is 0 Å². The van der Waals surface area contributed by atoms with Crippen molar-refractivity contribution >= 4 is 23.5 Å². The Labute approximate surface area is 201 Å². The van der Waals surface area contributed by atoms with E-state index in [1.807, 2.05) is 45.0 Å². The highest BCUT2D eigenvalue weighted by molar-refractivity contribution is 5.97. The van der Waals surface area contributed by atoms with E-state index < -0.39 is 6.04 Å². The van der Waals surface area contributed by atoms with Crippen molar-refractivity contribution in [2.75, 3.05) is 25.0 Å². The van der Waals surface area contributed by atoms with E-state index in [0.29, 0.717) is 23.6 Å². The molecule has 1 aliphatic rings. The molecule has 3 N–H and O–H groups in total. The predicted octanol–water partition coefficient (Wildman–Crippen LogP) is 3.78. The molecule has 34 heavy (non-hydrogen) atoms. The van der Waals surface area contributed by atoms with Gasteiger partial charge in [-0.3, -0.25) is 9.59 Å². The van der Waals surface area contributed by atoms with Gasteiger partial charge in [-0.15, -0.1) is 0 Å². The van der Waals surface area contributed by atoms with Gasteiger partial charge in [-0.2, -0.15) is 0 Å². The summed E-state index contributed by atoms with van der Waals surface area (Å²) in [5.41, 5.74) is 2.00. The molecule has 8 heteroatoms. The lowest BCUT2D eigenvalue weighted by Gasteiger charge is -2.22. The van der Waals surface area contributed by atoms with E-state index >= 15 is 0 Å². The van der Waals surface area contributed by atoms with E-state index in [-0.39, 0.29) is 30.3 Å². The van der Waals surface area contributed by atoms with Crippen molar-refractivity contribution in [1.82, 2.24) is 15.5 Å². The summed E-state index contributed by atoms with van der Waals surface area (Å²) in [4.78, 5) is 39.7. The van der Waals surface area contributed by atoms with Gasteiger partial charge in [0, 0.05) is 30.9 Å². The summed E-state index contributed by atoms with van der Waals surface area (Å²) in [7, 11) is 0. The third kappa shape index (κ3) is 6.97. The maximum atomic E-state index is 12.9. The number of nitrogens with one attached hydrogen (secondary N) is 3. The van der Waals surface area contributed by atoms with Crippen LogP contribution in [0.4, 0.5) is 10.5 Å². The van der Waals surface area contributed by atoms with Gasteiger partial charge in [-0.1, -0.05) is 26.0 Å². The van der Waals surface area contributed by atoms with Gasteiger partial charge in [0.05, 0.1) is 6.61 Å². The summed E-state index contributed by atoms with van der Waals surface area (Å²) in [5.74, 6) is 0.0121. The minimum absolute atomic E-state index is 0.0993. The second-order valence-corrected chi connectivity index (χ2v) is 8.70. The topological polar surface area (TPSA) is 99.8 Å². The molecule has 1 fully saturated rings. The SMILES string of the molecule is CCOc1ccc(C(=O)NC(C(=O)NCc2cccc(NC(=O)N3CCCC3)c2)C(C)C)cc1. The van der Waals surface area contributed by atoms with Gasteiger partial charge in [0.15, 0.2) is 0 Å². The molecule has 3 rings (SSSR count). The van der Waals surface area contributed by atoms with Gasteiger partial charge in [0.25, 0.3) is 5.91 Å². The number of amides is 4. The van der Waals surface area contributed by atoms with Crippen molar-refractivity contribution in [2.24, 2.45) is 5.92 Å². The van der Waals surface area contributed by atoms with Crippen LogP contribution in [-0.2, 0) is 11.3 Å². The molecule has 4 amide bonds. The van der Waals surface area contributed by atoms with E-state index in [4.69, 9.17) is 4.74 Å². The Morgan fingerprint density at radius 3 is 2.38 bits per heavy atom. The highest BCUT2D eigenvalue weighted by atomic mass is 16.5. The van der Waals surface area contributed by atoms with Crippen LogP contribution >= 0.6 is 0 Å². The van der Waals surface area contributed by atoms with Crippen molar-refractivity contribution < 1.29 is 19.1 Å². The Balaban J connectivity index is 1.56. The number of carbonyl (C=O) groups is 3. The summed E-state index contributed by atoms with van der Waals surface area (Å²) in [6.45, 7) is 8.06. The summed E-state index contributed by atoms with van der Waals surface area (Å²) in [6.07, 6.45) is 2.07. The first-order valence-electron chi connectivity index (χ1n) is 11.8. The fourth-order valence-corrected chi connectivity index (χ4v) is 3.81. The molecule has 2 aromatic rings. The lowest BCUT2D eigenvalue weighted by molar-refractivity contribution is -0.124. The first-order valence-corrected chi connectivity index (χ1v) is 11.8. The third-order valence-electron chi connectivity index (χ3n) is 5.70. The van der Waals surface area contributed by atoms with Crippen molar-refractivity contribution in [3.63, 3.8) is 0 Å². The molecular weight excluding hydrogens is 432 g/mol. The Kier molecular flexibility index (Phi) is 8.90. The van der Waals surface area contributed by atoms with Gasteiger partial charge >= 0.3 is 6.03 Å². The van der Waals surface area contributed by atoms with Crippen molar-refractivity contribution in [3.8, 4) is 5.75 Å². The van der Waals surface area contributed by atoms with Crippen LogP contribution in [-0.4, -0.2) is 48.5 Å². The predicted molar refractivity (Wildman–Crippen MR) is 132 cm³/mol. The molecule has 0 saturated carbocycles. The number of likely N-dealkylation sites (tertiary alicyclic amines) is 1. The standard InChI is InChI=1S/C26H34N4O4/c1-4-34-22-12-10-20(11-13-22)24(31)29-23(18(2)3)25(32)27-17-19-8-7-9-21(16-19)28-26(33)30-14-5-6-15-30/h7-13,16,18,23H,4-6,14-15,17H2,1-3H3,(H,27,32)(H,28,33)(H,29,31). The number of hydrogen-bond acceptors (Lipinski definition) is 4. The molecule has 1 aliphatic heterocycles. The number of benzene rings is 2. The zero-order valence-corrected chi connectivity index (χ0v) is 20.1. The van der Waals surface area contributed by atoms with Crippen molar-refractivity contribution in [3.05, 3.63) is 59.7 Å². The fraction of sp³-hybridized carbons (Fsp3) is 0.423. The number of hydrogen-bond donors (Lipinski definition) is 3. The molecule has 1 heterocycles. The lowest BCUT2D eigenvalue weighted by Crippen LogP contribution is -2.49. The maximum absolute atomic E-state index is 12.9. The first kappa shape index (κ1) is 25.1. The summed E-state index contributed by atoms with van der Waals surface area (Å²) in [5, 5.41) is 8.65. The largest absolute Gasteiger partial charge is 0.494 e. The molecule has 0 aliphatic carbocycles. The monoisotopic (exact) mass is 466 g/mol. The van der Waals surface area contributed by atoms with Gasteiger partial charge in [0.1, 0.15) is 11.8 Å². The zero-order valence-electron chi connectivity index (χ0n) is 20.1. The molecule has 0 radical (unpaired) electrons. The minimum atomic E-state index is -0.683.